The predicted molar refractivity (Wildman–Crippen MR) is 100.0 cm³/mol. The molecule has 2 aromatic heterocycles. The van der Waals surface area contributed by atoms with Gasteiger partial charge in [0, 0.05) is 25.4 Å². The third-order valence-electron chi connectivity index (χ3n) is 3.69. The standard InChI is InChI=1S/C17H19N5O3S/c1-11-7-15(24)22-16(19-11)26-17(20-22)21(2)10-14(23)18-9-12-5-4-6-13(8-12)25-3/h4-8H,9-10H2,1-3H3,(H,18,23). The van der Waals surface area contributed by atoms with Crippen LogP contribution in [0.15, 0.2) is 35.1 Å². The van der Waals surface area contributed by atoms with E-state index in [0.29, 0.717) is 22.3 Å². The second-order valence-electron chi connectivity index (χ2n) is 5.80. The van der Waals surface area contributed by atoms with E-state index in [2.05, 4.69) is 15.4 Å². The van der Waals surface area contributed by atoms with Gasteiger partial charge in [0.1, 0.15) is 5.75 Å². The molecule has 8 nitrogen and oxygen atoms in total. The fourth-order valence-corrected chi connectivity index (χ4v) is 3.30. The molecule has 9 heteroatoms. The van der Waals surface area contributed by atoms with Crippen molar-refractivity contribution in [3.05, 3.63) is 51.9 Å². The second-order valence-corrected chi connectivity index (χ2v) is 6.73. The molecule has 2 heterocycles. The number of carbonyl (C=O) groups is 1. The molecule has 0 aliphatic heterocycles. The SMILES string of the molecule is COc1cccc(CNC(=O)CN(C)c2nn3c(=O)cc(C)nc3s2)c1. The van der Waals surface area contributed by atoms with Crippen LogP contribution in [0.2, 0.25) is 0 Å². The monoisotopic (exact) mass is 373 g/mol. The molecule has 0 bridgehead atoms. The largest absolute Gasteiger partial charge is 0.497 e. The number of nitrogens with zero attached hydrogens (tertiary/aromatic N) is 4. The number of methoxy groups -OCH3 is 1. The molecule has 0 atom stereocenters. The Labute approximate surface area is 154 Å². The summed E-state index contributed by atoms with van der Waals surface area (Å²) in [5, 5.41) is 7.65. The average Bonchev–Trinajstić information content (AvgIpc) is 3.04. The number of benzene rings is 1. The summed E-state index contributed by atoms with van der Waals surface area (Å²) in [4.78, 5) is 30.6. The van der Waals surface area contributed by atoms with Gasteiger partial charge >= 0.3 is 0 Å². The molecule has 0 aliphatic carbocycles. The zero-order valence-electron chi connectivity index (χ0n) is 14.7. The van der Waals surface area contributed by atoms with Crippen molar-refractivity contribution in [1.82, 2.24) is 19.9 Å². The lowest BCUT2D eigenvalue weighted by atomic mass is 10.2. The lowest BCUT2D eigenvalue weighted by molar-refractivity contribution is -0.119. The Morgan fingerprint density at radius 3 is 2.96 bits per heavy atom. The number of nitrogens with one attached hydrogen (secondary N) is 1. The summed E-state index contributed by atoms with van der Waals surface area (Å²) >= 11 is 1.27. The van der Waals surface area contributed by atoms with Crippen LogP contribution in [0.3, 0.4) is 0 Å². The highest BCUT2D eigenvalue weighted by molar-refractivity contribution is 7.20. The second kappa shape index (κ2) is 7.52. The fourth-order valence-electron chi connectivity index (χ4n) is 2.39. The molecule has 1 N–H and O–H groups in total. The molecular weight excluding hydrogens is 354 g/mol. The number of aryl methyl sites for hydroxylation is 1. The van der Waals surface area contributed by atoms with Gasteiger partial charge in [-0.2, -0.15) is 4.52 Å². The van der Waals surface area contributed by atoms with E-state index in [1.807, 2.05) is 24.3 Å². The lowest BCUT2D eigenvalue weighted by Crippen LogP contribution is -2.34. The fraction of sp³-hybridized carbons (Fsp3) is 0.294. The van der Waals surface area contributed by atoms with Crippen LogP contribution in [0.4, 0.5) is 5.13 Å². The van der Waals surface area contributed by atoms with Gasteiger partial charge in [0.05, 0.1) is 13.7 Å². The Bertz CT molecular complexity index is 997. The molecule has 0 radical (unpaired) electrons. The molecule has 0 spiro atoms. The van der Waals surface area contributed by atoms with E-state index in [4.69, 9.17) is 4.74 Å². The van der Waals surface area contributed by atoms with Crippen LogP contribution >= 0.6 is 11.3 Å². The minimum Gasteiger partial charge on any atom is -0.497 e. The molecule has 0 unspecified atom stereocenters. The lowest BCUT2D eigenvalue weighted by Gasteiger charge is -2.14. The molecule has 0 saturated heterocycles. The molecule has 0 fully saturated rings. The van der Waals surface area contributed by atoms with Crippen LogP contribution in [0, 0.1) is 6.92 Å². The number of anilines is 1. The summed E-state index contributed by atoms with van der Waals surface area (Å²) in [5.74, 6) is 0.600. The van der Waals surface area contributed by atoms with E-state index in [1.54, 1.807) is 26.0 Å². The van der Waals surface area contributed by atoms with Gasteiger partial charge in [-0.25, -0.2) is 4.98 Å². The third kappa shape index (κ3) is 3.99. The number of fused-ring (bicyclic) bond motifs is 1. The van der Waals surface area contributed by atoms with Crippen LogP contribution in [0.25, 0.3) is 4.96 Å². The Kier molecular flexibility index (Phi) is 5.17. The molecule has 1 amide bonds. The van der Waals surface area contributed by atoms with E-state index in [9.17, 15) is 9.59 Å². The van der Waals surface area contributed by atoms with Gasteiger partial charge in [0.2, 0.25) is 16.0 Å². The van der Waals surface area contributed by atoms with Gasteiger partial charge in [-0.3, -0.25) is 9.59 Å². The Hall–Kier alpha value is -2.94. The molecular formula is C17H19N5O3S. The summed E-state index contributed by atoms with van der Waals surface area (Å²) in [5.41, 5.74) is 1.36. The summed E-state index contributed by atoms with van der Waals surface area (Å²) in [7, 11) is 3.35. The van der Waals surface area contributed by atoms with E-state index < -0.39 is 0 Å². The number of carbonyl (C=O) groups excluding carboxylic acids is 1. The normalized spacial score (nSPS) is 10.7. The molecule has 3 rings (SSSR count). The molecule has 1 aromatic carbocycles. The number of amides is 1. The molecule has 0 saturated carbocycles. The topological polar surface area (TPSA) is 88.8 Å². The predicted octanol–water partition coefficient (Wildman–Crippen LogP) is 1.22. The first-order chi connectivity index (χ1) is 12.5. The zero-order chi connectivity index (χ0) is 18.7. The Balaban J connectivity index is 1.63. The smallest absolute Gasteiger partial charge is 0.275 e. The van der Waals surface area contributed by atoms with E-state index in [-0.39, 0.29) is 18.0 Å². The minimum atomic E-state index is -0.231. The van der Waals surface area contributed by atoms with Gasteiger partial charge in [-0.15, -0.1) is 5.10 Å². The Morgan fingerprint density at radius 2 is 2.19 bits per heavy atom. The van der Waals surface area contributed by atoms with E-state index in [0.717, 1.165) is 11.3 Å². The minimum absolute atomic E-state index is 0.123. The van der Waals surface area contributed by atoms with Gasteiger partial charge in [0.25, 0.3) is 5.56 Å². The maximum absolute atomic E-state index is 12.2. The van der Waals surface area contributed by atoms with Crippen LogP contribution in [0.1, 0.15) is 11.3 Å². The van der Waals surface area contributed by atoms with Crippen molar-refractivity contribution in [3.63, 3.8) is 0 Å². The van der Waals surface area contributed by atoms with Crippen molar-refractivity contribution >= 4 is 27.3 Å². The summed E-state index contributed by atoms with van der Waals surface area (Å²) in [6.07, 6.45) is 0. The van der Waals surface area contributed by atoms with Crippen molar-refractivity contribution in [2.24, 2.45) is 0 Å². The number of aromatic nitrogens is 3. The third-order valence-corrected chi connectivity index (χ3v) is 4.72. The molecule has 26 heavy (non-hydrogen) atoms. The van der Waals surface area contributed by atoms with Crippen LogP contribution in [0.5, 0.6) is 5.75 Å². The number of likely N-dealkylation sites (N-methyl/N-ethyl adjacent to an activating group) is 1. The maximum Gasteiger partial charge on any atom is 0.275 e. The van der Waals surface area contributed by atoms with Crippen molar-refractivity contribution in [1.29, 1.82) is 0 Å². The summed E-state index contributed by atoms with van der Waals surface area (Å²) in [6, 6.07) is 8.94. The van der Waals surface area contributed by atoms with Gasteiger partial charge in [-0.05, 0) is 24.6 Å². The van der Waals surface area contributed by atoms with Gasteiger partial charge < -0.3 is 15.0 Å². The number of hydrogen-bond acceptors (Lipinski definition) is 7. The number of ether oxygens (including phenoxy) is 1. The highest BCUT2D eigenvalue weighted by Crippen LogP contribution is 2.19. The van der Waals surface area contributed by atoms with Crippen LogP contribution in [-0.4, -0.2) is 41.2 Å². The maximum atomic E-state index is 12.2. The first kappa shape index (κ1) is 17.9. The van der Waals surface area contributed by atoms with E-state index in [1.165, 1.54) is 21.9 Å². The van der Waals surface area contributed by atoms with Crippen molar-refractivity contribution < 1.29 is 9.53 Å². The van der Waals surface area contributed by atoms with E-state index >= 15 is 0 Å². The first-order valence-corrected chi connectivity index (χ1v) is 8.76. The van der Waals surface area contributed by atoms with Crippen LogP contribution in [-0.2, 0) is 11.3 Å². The van der Waals surface area contributed by atoms with Crippen molar-refractivity contribution in [3.8, 4) is 5.75 Å². The van der Waals surface area contributed by atoms with Gasteiger partial charge in [0.15, 0.2) is 0 Å². The highest BCUT2D eigenvalue weighted by atomic mass is 32.1. The van der Waals surface area contributed by atoms with Crippen molar-refractivity contribution in [2.75, 3.05) is 25.6 Å². The quantitative estimate of drug-likeness (QED) is 0.699. The summed E-state index contributed by atoms with van der Waals surface area (Å²) in [6.45, 7) is 2.29. The number of rotatable bonds is 6. The Morgan fingerprint density at radius 1 is 1.38 bits per heavy atom. The number of hydrogen-bond donors (Lipinski definition) is 1. The summed E-state index contributed by atoms with van der Waals surface area (Å²) < 4.78 is 6.42. The molecule has 3 aromatic rings. The first-order valence-electron chi connectivity index (χ1n) is 7.94. The highest BCUT2D eigenvalue weighted by Gasteiger charge is 2.14. The average molecular weight is 373 g/mol. The molecule has 136 valence electrons. The zero-order valence-corrected chi connectivity index (χ0v) is 15.5. The van der Waals surface area contributed by atoms with Crippen LogP contribution < -0.4 is 20.5 Å². The van der Waals surface area contributed by atoms with Crippen molar-refractivity contribution in [2.45, 2.75) is 13.5 Å². The molecule has 0 aliphatic rings. The van der Waals surface area contributed by atoms with Gasteiger partial charge in [-0.1, -0.05) is 23.5 Å².